The van der Waals surface area contributed by atoms with Gasteiger partial charge in [0.25, 0.3) is 0 Å². The third kappa shape index (κ3) is 5.05. The van der Waals surface area contributed by atoms with Crippen LogP contribution in [0.5, 0.6) is 0 Å². The number of sulfonamides is 1. The molecule has 1 atom stereocenters. The first-order chi connectivity index (χ1) is 14.2. The maximum atomic E-state index is 12.9. The highest BCUT2D eigenvalue weighted by atomic mass is 35.5. The molecule has 0 aromatic heterocycles. The highest BCUT2D eigenvalue weighted by Gasteiger charge is 2.32. The number of rotatable bonds is 6. The third-order valence-corrected chi connectivity index (χ3v) is 8.10. The molecule has 162 valence electrons. The molecular formula is C23H29ClN2O3S. The van der Waals surface area contributed by atoms with Crippen LogP contribution in [0.4, 0.5) is 0 Å². The maximum absolute atomic E-state index is 12.9. The molecule has 0 saturated carbocycles. The van der Waals surface area contributed by atoms with Crippen molar-refractivity contribution in [2.75, 3.05) is 13.1 Å². The first-order valence-electron chi connectivity index (χ1n) is 10.4. The van der Waals surface area contributed by atoms with Crippen molar-refractivity contribution in [1.82, 2.24) is 9.62 Å². The lowest BCUT2D eigenvalue weighted by atomic mass is 9.95. The fourth-order valence-corrected chi connectivity index (χ4v) is 5.40. The summed E-state index contributed by atoms with van der Waals surface area (Å²) in [6.07, 6.45) is 1.84. The summed E-state index contributed by atoms with van der Waals surface area (Å²) in [5.41, 5.74) is 3.55. The number of hydrogen-bond donors (Lipinski definition) is 1. The number of hydrogen-bond acceptors (Lipinski definition) is 3. The Bertz CT molecular complexity index is 998. The highest BCUT2D eigenvalue weighted by molar-refractivity contribution is 7.89. The second-order valence-electron chi connectivity index (χ2n) is 7.95. The van der Waals surface area contributed by atoms with Crippen molar-refractivity contribution < 1.29 is 13.2 Å². The van der Waals surface area contributed by atoms with Crippen LogP contribution >= 0.6 is 11.6 Å². The van der Waals surface area contributed by atoms with E-state index in [1.165, 1.54) is 27.6 Å². The van der Waals surface area contributed by atoms with Crippen molar-refractivity contribution >= 4 is 27.5 Å². The van der Waals surface area contributed by atoms with Crippen LogP contribution in [0.3, 0.4) is 0 Å². The molecule has 1 heterocycles. The number of carbonyl (C=O) groups excluding carboxylic acids is 1. The van der Waals surface area contributed by atoms with E-state index in [0.717, 1.165) is 12.0 Å². The quantitative estimate of drug-likeness (QED) is 0.700. The van der Waals surface area contributed by atoms with E-state index < -0.39 is 10.0 Å². The molecule has 3 rings (SSSR count). The van der Waals surface area contributed by atoms with Gasteiger partial charge in [-0.3, -0.25) is 4.79 Å². The number of amides is 1. The van der Waals surface area contributed by atoms with Gasteiger partial charge < -0.3 is 5.32 Å². The Kier molecular flexibility index (Phi) is 7.22. The van der Waals surface area contributed by atoms with Crippen LogP contribution in [0.1, 0.15) is 48.9 Å². The molecule has 1 aliphatic heterocycles. The van der Waals surface area contributed by atoms with E-state index in [1.807, 2.05) is 0 Å². The standard InChI is InChI=1S/C23H29ClN2O3S/c1-4-22(19-6-5-16(2)17(3)15-19)25-23(27)18-11-13-26(14-12-18)30(28,29)21-9-7-20(24)8-10-21/h5-10,15,18,22H,4,11-14H2,1-3H3,(H,25,27)/t22-/m0/s1. The molecule has 2 aromatic rings. The zero-order valence-corrected chi connectivity index (χ0v) is 19.3. The number of nitrogens with zero attached hydrogens (tertiary/aromatic N) is 1. The molecule has 0 spiro atoms. The monoisotopic (exact) mass is 448 g/mol. The van der Waals surface area contributed by atoms with Crippen LogP contribution in [0.25, 0.3) is 0 Å². The summed E-state index contributed by atoms with van der Waals surface area (Å²) in [4.78, 5) is 13.1. The minimum atomic E-state index is -3.56. The second-order valence-corrected chi connectivity index (χ2v) is 10.3. The molecule has 5 nitrogen and oxygen atoms in total. The minimum Gasteiger partial charge on any atom is -0.349 e. The molecule has 1 amide bonds. The number of nitrogens with one attached hydrogen (secondary N) is 1. The van der Waals surface area contributed by atoms with Crippen LogP contribution in [0.15, 0.2) is 47.4 Å². The van der Waals surface area contributed by atoms with Crippen molar-refractivity contribution in [1.29, 1.82) is 0 Å². The van der Waals surface area contributed by atoms with E-state index in [1.54, 1.807) is 12.1 Å². The summed E-state index contributed by atoms with van der Waals surface area (Å²) >= 11 is 5.86. The van der Waals surface area contributed by atoms with Gasteiger partial charge in [0.1, 0.15) is 0 Å². The first-order valence-corrected chi connectivity index (χ1v) is 12.2. The molecule has 1 aliphatic rings. The zero-order chi connectivity index (χ0) is 21.9. The van der Waals surface area contributed by atoms with E-state index in [-0.39, 0.29) is 22.8 Å². The van der Waals surface area contributed by atoms with E-state index in [0.29, 0.717) is 31.0 Å². The lowest BCUT2D eigenvalue weighted by molar-refractivity contribution is -0.126. The molecule has 0 radical (unpaired) electrons. The van der Waals surface area contributed by atoms with Gasteiger partial charge in [0.05, 0.1) is 10.9 Å². The van der Waals surface area contributed by atoms with E-state index in [4.69, 9.17) is 11.6 Å². The average molecular weight is 449 g/mol. The van der Waals surface area contributed by atoms with Crippen molar-refractivity contribution in [2.45, 2.75) is 51.0 Å². The Labute approximate surface area is 184 Å². The number of carbonyl (C=O) groups is 1. The van der Waals surface area contributed by atoms with Crippen LogP contribution in [0.2, 0.25) is 5.02 Å². The van der Waals surface area contributed by atoms with Crippen LogP contribution in [-0.2, 0) is 14.8 Å². The topological polar surface area (TPSA) is 66.5 Å². The van der Waals surface area contributed by atoms with E-state index in [2.05, 4.69) is 44.3 Å². The first kappa shape index (κ1) is 22.8. The van der Waals surface area contributed by atoms with Gasteiger partial charge in [-0.05, 0) is 74.1 Å². The lowest BCUT2D eigenvalue weighted by Crippen LogP contribution is -2.43. The summed E-state index contributed by atoms with van der Waals surface area (Å²) in [6.45, 7) is 6.88. The molecule has 1 saturated heterocycles. The summed E-state index contributed by atoms with van der Waals surface area (Å²) in [5.74, 6) is -0.175. The number of aryl methyl sites for hydroxylation is 2. The van der Waals surface area contributed by atoms with Crippen molar-refractivity contribution in [3.8, 4) is 0 Å². The van der Waals surface area contributed by atoms with Gasteiger partial charge in [0.15, 0.2) is 0 Å². The predicted molar refractivity (Wildman–Crippen MR) is 120 cm³/mol. The Hall–Kier alpha value is -1.89. The normalized spacial score (nSPS) is 16.9. The number of halogens is 1. The van der Waals surface area contributed by atoms with Crippen molar-refractivity contribution in [3.05, 3.63) is 64.2 Å². The predicted octanol–water partition coefficient (Wildman–Crippen LogP) is 4.63. The number of benzene rings is 2. The second kappa shape index (κ2) is 9.50. The highest BCUT2D eigenvalue weighted by Crippen LogP contribution is 2.26. The van der Waals surface area contributed by atoms with E-state index in [9.17, 15) is 13.2 Å². The molecule has 7 heteroatoms. The average Bonchev–Trinajstić information content (AvgIpc) is 2.74. The zero-order valence-electron chi connectivity index (χ0n) is 17.7. The minimum absolute atomic E-state index is 0.00335. The Morgan fingerprint density at radius 3 is 2.30 bits per heavy atom. The molecular weight excluding hydrogens is 420 g/mol. The summed E-state index contributed by atoms with van der Waals surface area (Å²) in [6, 6.07) is 12.4. The van der Waals surface area contributed by atoms with Gasteiger partial charge in [-0.15, -0.1) is 0 Å². The van der Waals surface area contributed by atoms with Gasteiger partial charge in [-0.25, -0.2) is 8.42 Å². The van der Waals surface area contributed by atoms with Gasteiger partial charge in [0.2, 0.25) is 15.9 Å². The van der Waals surface area contributed by atoms with E-state index >= 15 is 0 Å². The van der Waals surface area contributed by atoms with Crippen LogP contribution < -0.4 is 5.32 Å². The number of piperidine rings is 1. The maximum Gasteiger partial charge on any atom is 0.243 e. The van der Waals surface area contributed by atoms with Crippen LogP contribution in [0, 0.1) is 19.8 Å². The molecule has 1 N–H and O–H groups in total. The molecule has 0 aliphatic carbocycles. The fraction of sp³-hybridized carbons (Fsp3) is 0.435. The Morgan fingerprint density at radius 1 is 1.10 bits per heavy atom. The van der Waals surface area contributed by atoms with Gasteiger partial charge in [-0.2, -0.15) is 4.31 Å². The fourth-order valence-electron chi connectivity index (χ4n) is 3.81. The smallest absolute Gasteiger partial charge is 0.243 e. The van der Waals surface area contributed by atoms with Gasteiger partial charge >= 0.3 is 0 Å². The largest absolute Gasteiger partial charge is 0.349 e. The Balaban J connectivity index is 1.61. The third-order valence-electron chi connectivity index (χ3n) is 5.93. The molecule has 0 unspecified atom stereocenters. The summed E-state index contributed by atoms with van der Waals surface area (Å²) < 4.78 is 27.1. The van der Waals surface area contributed by atoms with Gasteiger partial charge in [-0.1, -0.05) is 36.7 Å². The van der Waals surface area contributed by atoms with Crippen molar-refractivity contribution in [2.24, 2.45) is 5.92 Å². The SMILES string of the molecule is CC[C@H](NC(=O)C1CCN(S(=O)(=O)c2ccc(Cl)cc2)CC1)c1ccc(C)c(C)c1. The molecule has 1 fully saturated rings. The van der Waals surface area contributed by atoms with Crippen molar-refractivity contribution in [3.63, 3.8) is 0 Å². The summed E-state index contributed by atoms with van der Waals surface area (Å²) in [5, 5.41) is 3.67. The molecule has 30 heavy (non-hydrogen) atoms. The molecule has 2 aromatic carbocycles. The lowest BCUT2D eigenvalue weighted by Gasteiger charge is -2.31. The van der Waals surface area contributed by atoms with Gasteiger partial charge in [0, 0.05) is 24.0 Å². The van der Waals surface area contributed by atoms with Crippen LogP contribution in [-0.4, -0.2) is 31.7 Å². The summed E-state index contributed by atoms with van der Waals surface area (Å²) in [7, 11) is -3.56. The molecule has 0 bridgehead atoms. The Morgan fingerprint density at radius 2 is 1.73 bits per heavy atom.